The van der Waals surface area contributed by atoms with Crippen molar-refractivity contribution in [2.24, 2.45) is 0 Å². The van der Waals surface area contributed by atoms with Crippen LogP contribution in [0.15, 0.2) is 24.3 Å². The van der Waals surface area contributed by atoms with Crippen LogP contribution in [-0.2, 0) is 20.7 Å². The summed E-state index contributed by atoms with van der Waals surface area (Å²) >= 11 is 0. The number of amides is 1. The molecule has 0 aliphatic heterocycles. The molecule has 1 amide bonds. The highest BCUT2D eigenvalue weighted by Crippen LogP contribution is 2.13. The molecular formula is C17H25NO4. The molecule has 1 rings (SSSR count). The third-order valence-electron chi connectivity index (χ3n) is 3.16. The second-order valence-corrected chi connectivity index (χ2v) is 5.49. The fraction of sp³-hybridized carbons (Fsp3) is 0.529. The first-order valence-corrected chi connectivity index (χ1v) is 7.48. The third kappa shape index (κ3) is 6.61. The van der Waals surface area contributed by atoms with Crippen LogP contribution in [0, 0.1) is 0 Å². The fourth-order valence-corrected chi connectivity index (χ4v) is 2.00. The van der Waals surface area contributed by atoms with Gasteiger partial charge in [0.15, 0.2) is 0 Å². The van der Waals surface area contributed by atoms with Crippen LogP contribution < -0.4 is 4.74 Å². The maximum atomic E-state index is 12.1. The van der Waals surface area contributed by atoms with E-state index in [1.54, 1.807) is 19.1 Å². The van der Waals surface area contributed by atoms with Crippen molar-refractivity contribution in [1.29, 1.82) is 0 Å². The molecule has 0 saturated heterocycles. The summed E-state index contributed by atoms with van der Waals surface area (Å²) in [5.74, 6) is 0.540. The van der Waals surface area contributed by atoms with Crippen LogP contribution in [0.25, 0.3) is 0 Å². The number of benzene rings is 1. The smallest absolute Gasteiger partial charge is 0.306 e. The number of nitrogens with zero attached hydrogens (tertiary/aromatic N) is 1. The Hall–Kier alpha value is -2.04. The van der Waals surface area contributed by atoms with E-state index < -0.39 is 0 Å². The van der Waals surface area contributed by atoms with Crippen molar-refractivity contribution in [2.75, 3.05) is 20.7 Å². The minimum absolute atomic E-state index is 0.0190. The summed E-state index contributed by atoms with van der Waals surface area (Å²) in [5, 5.41) is 0. The molecule has 0 spiro atoms. The molecule has 0 bridgehead atoms. The maximum Gasteiger partial charge on any atom is 0.306 e. The fourth-order valence-electron chi connectivity index (χ4n) is 2.00. The Morgan fingerprint density at radius 2 is 2.00 bits per heavy atom. The Balaban J connectivity index is 2.37. The highest BCUT2D eigenvalue weighted by atomic mass is 16.5. The molecule has 0 aliphatic carbocycles. The zero-order valence-corrected chi connectivity index (χ0v) is 13.8. The van der Waals surface area contributed by atoms with Gasteiger partial charge in [-0.05, 0) is 38.0 Å². The number of esters is 1. The van der Waals surface area contributed by atoms with E-state index in [-0.39, 0.29) is 18.0 Å². The molecule has 0 heterocycles. The zero-order valence-electron chi connectivity index (χ0n) is 13.8. The molecule has 0 aromatic heterocycles. The van der Waals surface area contributed by atoms with Gasteiger partial charge < -0.3 is 14.4 Å². The van der Waals surface area contributed by atoms with Crippen molar-refractivity contribution < 1.29 is 19.1 Å². The summed E-state index contributed by atoms with van der Waals surface area (Å²) in [4.78, 5) is 25.2. The summed E-state index contributed by atoms with van der Waals surface area (Å²) < 4.78 is 10.2. The largest absolute Gasteiger partial charge is 0.497 e. The highest BCUT2D eigenvalue weighted by molar-refractivity contribution is 5.78. The Morgan fingerprint density at radius 1 is 1.27 bits per heavy atom. The van der Waals surface area contributed by atoms with Crippen LogP contribution in [0.2, 0.25) is 0 Å². The van der Waals surface area contributed by atoms with E-state index >= 15 is 0 Å². The summed E-state index contributed by atoms with van der Waals surface area (Å²) in [5.41, 5.74) is 0.912. The molecule has 0 atom stereocenters. The topological polar surface area (TPSA) is 55.8 Å². The number of rotatable bonds is 8. The molecule has 1 aromatic rings. The number of hydrogen-bond donors (Lipinski definition) is 0. The Labute approximate surface area is 132 Å². The Kier molecular flexibility index (Phi) is 7.43. The number of ether oxygens (including phenoxy) is 2. The molecule has 0 N–H and O–H groups in total. The molecule has 0 aliphatic rings. The summed E-state index contributed by atoms with van der Waals surface area (Å²) in [6, 6.07) is 7.46. The third-order valence-corrected chi connectivity index (χ3v) is 3.16. The summed E-state index contributed by atoms with van der Waals surface area (Å²) in [7, 11) is 3.35. The summed E-state index contributed by atoms with van der Waals surface area (Å²) in [6.07, 6.45) is 1.16. The molecular weight excluding hydrogens is 282 g/mol. The lowest BCUT2D eigenvalue weighted by atomic mass is 10.1. The van der Waals surface area contributed by atoms with Gasteiger partial charge in [0.1, 0.15) is 5.75 Å². The van der Waals surface area contributed by atoms with Gasteiger partial charge in [-0.1, -0.05) is 12.1 Å². The lowest BCUT2D eigenvalue weighted by Gasteiger charge is -2.17. The number of carbonyl (C=O) groups is 2. The average molecular weight is 307 g/mol. The number of methoxy groups -OCH3 is 1. The van der Waals surface area contributed by atoms with Gasteiger partial charge in [-0.3, -0.25) is 9.59 Å². The zero-order chi connectivity index (χ0) is 16.5. The van der Waals surface area contributed by atoms with Gasteiger partial charge >= 0.3 is 5.97 Å². The van der Waals surface area contributed by atoms with E-state index in [1.165, 1.54) is 0 Å². The molecule has 0 radical (unpaired) electrons. The lowest BCUT2D eigenvalue weighted by molar-refractivity contribution is -0.147. The van der Waals surface area contributed by atoms with Crippen LogP contribution in [-0.4, -0.2) is 43.6 Å². The van der Waals surface area contributed by atoms with E-state index in [0.29, 0.717) is 25.8 Å². The van der Waals surface area contributed by atoms with Crippen LogP contribution in [0.4, 0.5) is 0 Å². The number of likely N-dealkylation sites (N-methyl/N-ethyl adjacent to an activating group) is 1. The lowest BCUT2D eigenvalue weighted by Crippen LogP contribution is -2.29. The van der Waals surface area contributed by atoms with E-state index in [1.807, 2.05) is 38.1 Å². The van der Waals surface area contributed by atoms with Crippen molar-refractivity contribution in [3.8, 4) is 5.75 Å². The normalized spacial score (nSPS) is 10.4. The van der Waals surface area contributed by atoms with Crippen LogP contribution in [0.3, 0.4) is 0 Å². The van der Waals surface area contributed by atoms with E-state index in [0.717, 1.165) is 11.3 Å². The minimum Gasteiger partial charge on any atom is -0.497 e. The van der Waals surface area contributed by atoms with Gasteiger partial charge in [0, 0.05) is 20.0 Å². The molecule has 5 nitrogen and oxygen atoms in total. The molecule has 0 fully saturated rings. The van der Waals surface area contributed by atoms with Crippen molar-refractivity contribution in [3.63, 3.8) is 0 Å². The van der Waals surface area contributed by atoms with Gasteiger partial charge in [-0.15, -0.1) is 0 Å². The van der Waals surface area contributed by atoms with Crippen molar-refractivity contribution in [1.82, 2.24) is 4.90 Å². The second-order valence-electron chi connectivity index (χ2n) is 5.49. The van der Waals surface area contributed by atoms with Crippen molar-refractivity contribution in [3.05, 3.63) is 29.8 Å². The van der Waals surface area contributed by atoms with E-state index in [9.17, 15) is 9.59 Å². The molecule has 0 unspecified atom stereocenters. The minimum atomic E-state index is -0.219. The van der Waals surface area contributed by atoms with E-state index in [2.05, 4.69) is 0 Å². The predicted octanol–water partition coefficient (Wildman–Crippen LogP) is 2.43. The molecule has 122 valence electrons. The second kappa shape index (κ2) is 9.07. The Bertz CT molecular complexity index is 499. The average Bonchev–Trinajstić information content (AvgIpc) is 2.46. The van der Waals surface area contributed by atoms with Gasteiger partial charge in [-0.2, -0.15) is 0 Å². The van der Waals surface area contributed by atoms with Gasteiger partial charge in [0.05, 0.1) is 19.6 Å². The van der Waals surface area contributed by atoms with Crippen molar-refractivity contribution >= 4 is 11.9 Å². The van der Waals surface area contributed by atoms with Crippen molar-refractivity contribution in [2.45, 2.75) is 39.2 Å². The Morgan fingerprint density at radius 3 is 2.64 bits per heavy atom. The van der Waals surface area contributed by atoms with Crippen LogP contribution in [0.5, 0.6) is 5.75 Å². The molecule has 5 heteroatoms. The molecule has 1 aromatic carbocycles. The quantitative estimate of drug-likeness (QED) is 0.692. The monoisotopic (exact) mass is 307 g/mol. The van der Waals surface area contributed by atoms with Crippen LogP contribution >= 0.6 is 0 Å². The molecule has 0 saturated carbocycles. The van der Waals surface area contributed by atoms with Gasteiger partial charge in [-0.25, -0.2) is 0 Å². The standard InChI is InChI=1S/C17H25NO4/c1-13(2)22-17(20)9-6-10-18(3)16(19)12-14-7-5-8-15(11-14)21-4/h5,7-8,11,13H,6,9-10,12H2,1-4H3. The van der Waals surface area contributed by atoms with Crippen LogP contribution in [0.1, 0.15) is 32.3 Å². The first kappa shape index (κ1) is 18.0. The number of hydrogen-bond acceptors (Lipinski definition) is 4. The predicted molar refractivity (Wildman–Crippen MR) is 84.8 cm³/mol. The van der Waals surface area contributed by atoms with Gasteiger partial charge in [0.25, 0.3) is 0 Å². The first-order chi connectivity index (χ1) is 10.4. The molecule has 22 heavy (non-hydrogen) atoms. The summed E-state index contributed by atoms with van der Waals surface area (Å²) in [6.45, 7) is 4.18. The highest BCUT2D eigenvalue weighted by Gasteiger charge is 2.11. The SMILES string of the molecule is COc1cccc(CC(=O)N(C)CCCC(=O)OC(C)C)c1. The van der Waals surface area contributed by atoms with Gasteiger partial charge in [0.2, 0.25) is 5.91 Å². The van der Waals surface area contributed by atoms with E-state index in [4.69, 9.17) is 9.47 Å². The number of carbonyl (C=O) groups excluding carboxylic acids is 2. The maximum absolute atomic E-state index is 12.1. The first-order valence-electron chi connectivity index (χ1n) is 7.48.